The van der Waals surface area contributed by atoms with E-state index in [9.17, 15) is 8.42 Å². The highest BCUT2D eigenvalue weighted by molar-refractivity contribution is 7.90. The van der Waals surface area contributed by atoms with Crippen LogP contribution in [0.15, 0.2) is 0 Å². The molecule has 1 N–H and O–H groups in total. The molecule has 0 bridgehead atoms. The molecule has 0 saturated carbocycles. The van der Waals surface area contributed by atoms with Crippen LogP contribution in [0.25, 0.3) is 0 Å². The number of nitrogens with zero attached hydrogens (tertiary/aromatic N) is 1. The van der Waals surface area contributed by atoms with Gasteiger partial charge in [-0.3, -0.25) is 0 Å². The van der Waals surface area contributed by atoms with Gasteiger partial charge < -0.3 is 10.2 Å². The van der Waals surface area contributed by atoms with E-state index in [1.807, 2.05) is 7.05 Å². The molecule has 0 aromatic heterocycles. The Hall–Kier alpha value is -0.130. The van der Waals surface area contributed by atoms with Gasteiger partial charge in [0.25, 0.3) is 0 Å². The number of hydrogen-bond donors (Lipinski definition) is 1. The lowest BCUT2D eigenvalue weighted by atomic mass is 9.94. The first-order valence-corrected chi connectivity index (χ1v) is 8.02. The minimum absolute atomic E-state index is 0.256. The third-order valence-corrected chi connectivity index (χ3v) is 4.06. The maximum Gasteiger partial charge on any atom is 0.148 e. The number of sulfone groups is 1. The highest BCUT2D eigenvalue weighted by atomic mass is 32.2. The van der Waals surface area contributed by atoms with Gasteiger partial charge in [-0.05, 0) is 32.4 Å². The molecule has 0 radical (unpaired) electrons. The minimum Gasteiger partial charge on any atom is -0.313 e. The van der Waals surface area contributed by atoms with Crippen LogP contribution in [0.5, 0.6) is 0 Å². The Balaban J connectivity index is 2.25. The van der Waals surface area contributed by atoms with Gasteiger partial charge >= 0.3 is 0 Å². The van der Waals surface area contributed by atoms with Crippen LogP contribution in [0.1, 0.15) is 19.8 Å². The zero-order valence-electron chi connectivity index (χ0n) is 10.6. The summed E-state index contributed by atoms with van der Waals surface area (Å²) in [6.45, 7) is 4.95. The van der Waals surface area contributed by atoms with E-state index in [1.54, 1.807) is 0 Å². The number of nitrogens with one attached hydrogen (secondary N) is 1. The zero-order chi connectivity index (χ0) is 12.2. The van der Waals surface area contributed by atoms with Gasteiger partial charge in [0.2, 0.25) is 0 Å². The van der Waals surface area contributed by atoms with Crippen LogP contribution in [0.3, 0.4) is 0 Å². The number of hydrogen-bond acceptors (Lipinski definition) is 4. The van der Waals surface area contributed by atoms with Crippen LogP contribution >= 0.6 is 0 Å². The van der Waals surface area contributed by atoms with E-state index in [-0.39, 0.29) is 5.75 Å². The average molecular weight is 248 g/mol. The van der Waals surface area contributed by atoms with Crippen molar-refractivity contribution in [3.8, 4) is 0 Å². The van der Waals surface area contributed by atoms with Crippen molar-refractivity contribution >= 4 is 9.84 Å². The Kier molecular flexibility index (Phi) is 5.21. The number of likely N-dealkylation sites (N-methyl/N-ethyl adjacent to an activating group) is 1. The molecule has 1 fully saturated rings. The third kappa shape index (κ3) is 5.82. The minimum atomic E-state index is -2.83. The highest BCUT2D eigenvalue weighted by Gasteiger charge is 2.19. The van der Waals surface area contributed by atoms with Gasteiger partial charge in [0.15, 0.2) is 0 Å². The second kappa shape index (κ2) is 5.98. The topological polar surface area (TPSA) is 49.4 Å². The first kappa shape index (κ1) is 13.9. The fourth-order valence-corrected chi connectivity index (χ4v) is 2.79. The molecule has 4 nitrogen and oxygen atoms in total. The molecule has 1 saturated heterocycles. The lowest BCUT2D eigenvalue weighted by Crippen LogP contribution is -2.45. The summed E-state index contributed by atoms with van der Waals surface area (Å²) in [6.07, 6.45) is 3.74. The van der Waals surface area contributed by atoms with Crippen molar-refractivity contribution < 1.29 is 8.42 Å². The van der Waals surface area contributed by atoms with E-state index in [4.69, 9.17) is 0 Å². The Morgan fingerprint density at radius 2 is 2.12 bits per heavy atom. The average Bonchev–Trinajstić information content (AvgIpc) is 2.14. The molecule has 0 aromatic rings. The fraction of sp³-hybridized carbons (Fsp3) is 1.00. The van der Waals surface area contributed by atoms with Gasteiger partial charge in [-0.2, -0.15) is 0 Å². The monoisotopic (exact) mass is 248 g/mol. The van der Waals surface area contributed by atoms with Crippen molar-refractivity contribution in [3.05, 3.63) is 0 Å². The predicted molar refractivity (Wildman–Crippen MR) is 67.4 cm³/mol. The second-order valence-corrected chi connectivity index (χ2v) is 7.43. The molecule has 5 heteroatoms. The summed E-state index contributed by atoms with van der Waals surface area (Å²) in [5.74, 6) is 1.04. The first-order chi connectivity index (χ1) is 7.37. The second-order valence-electron chi connectivity index (χ2n) is 5.17. The molecule has 16 heavy (non-hydrogen) atoms. The molecule has 96 valence electrons. The van der Waals surface area contributed by atoms with E-state index in [0.29, 0.717) is 12.6 Å². The summed E-state index contributed by atoms with van der Waals surface area (Å²) < 4.78 is 22.1. The predicted octanol–water partition coefficient (Wildman–Crippen LogP) is 0.351. The number of rotatable bonds is 5. The van der Waals surface area contributed by atoms with E-state index in [1.165, 1.54) is 19.1 Å². The van der Waals surface area contributed by atoms with Crippen molar-refractivity contribution in [1.29, 1.82) is 0 Å². The van der Waals surface area contributed by atoms with Crippen molar-refractivity contribution in [2.45, 2.75) is 25.8 Å². The van der Waals surface area contributed by atoms with Crippen LogP contribution in [-0.4, -0.2) is 58.1 Å². The summed E-state index contributed by atoms with van der Waals surface area (Å²) in [5.41, 5.74) is 0. The van der Waals surface area contributed by atoms with Crippen molar-refractivity contribution in [2.75, 3.05) is 38.7 Å². The molecule has 1 rings (SSSR count). The molecule has 2 atom stereocenters. The summed E-state index contributed by atoms with van der Waals surface area (Å²) in [6, 6.07) is 0.522. The van der Waals surface area contributed by atoms with Crippen molar-refractivity contribution in [2.24, 2.45) is 5.92 Å². The molecular weight excluding hydrogens is 224 g/mol. The lowest BCUT2D eigenvalue weighted by molar-refractivity contribution is 0.242. The molecule has 0 aliphatic carbocycles. The van der Waals surface area contributed by atoms with Gasteiger partial charge in [0, 0.05) is 25.4 Å². The zero-order valence-corrected chi connectivity index (χ0v) is 11.4. The lowest BCUT2D eigenvalue weighted by Gasteiger charge is -2.31. The Morgan fingerprint density at radius 1 is 1.44 bits per heavy atom. The summed E-state index contributed by atoms with van der Waals surface area (Å²) in [7, 11) is -0.841. The first-order valence-electron chi connectivity index (χ1n) is 5.96. The van der Waals surface area contributed by atoms with Gasteiger partial charge in [0.05, 0.1) is 5.75 Å². The van der Waals surface area contributed by atoms with Crippen LogP contribution in [0.4, 0.5) is 0 Å². The van der Waals surface area contributed by atoms with Crippen LogP contribution in [0.2, 0.25) is 0 Å². The summed E-state index contributed by atoms with van der Waals surface area (Å²) in [4.78, 5) is 2.11. The van der Waals surface area contributed by atoms with Crippen LogP contribution in [-0.2, 0) is 9.84 Å². The van der Waals surface area contributed by atoms with Gasteiger partial charge in [-0.1, -0.05) is 6.92 Å². The van der Waals surface area contributed by atoms with E-state index >= 15 is 0 Å². The summed E-state index contributed by atoms with van der Waals surface area (Å²) >= 11 is 0. The van der Waals surface area contributed by atoms with E-state index in [0.717, 1.165) is 19.0 Å². The molecule has 0 aromatic carbocycles. The SMILES string of the molecule is CC1CCNC(CN(C)CCS(C)(=O)=O)C1. The summed E-state index contributed by atoms with van der Waals surface area (Å²) in [5, 5.41) is 3.49. The fourth-order valence-electron chi connectivity index (χ4n) is 2.15. The normalized spacial score (nSPS) is 27.2. The molecule has 2 unspecified atom stereocenters. The smallest absolute Gasteiger partial charge is 0.148 e. The standard InChI is InChI=1S/C11H24N2O2S/c1-10-4-5-12-11(8-10)9-13(2)6-7-16(3,14)15/h10-12H,4-9H2,1-3H3. The van der Waals surface area contributed by atoms with Gasteiger partial charge in [-0.25, -0.2) is 8.42 Å². The third-order valence-electron chi connectivity index (χ3n) is 3.13. The highest BCUT2D eigenvalue weighted by Crippen LogP contribution is 2.15. The van der Waals surface area contributed by atoms with Gasteiger partial charge in [0.1, 0.15) is 9.84 Å². The van der Waals surface area contributed by atoms with Crippen molar-refractivity contribution in [3.63, 3.8) is 0 Å². The molecule has 0 amide bonds. The van der Waals surface area contributed by atoms with Crippen molar-refractivity contribution in [1.82, 2.24) is 10.2 Å². The van der Waals surface area contributed by atoms with E-state index < -0.39 is 9.84 Å². The molecule has 1 aliphatic rings. The van der Waals surface area contributed by atoms with Gasteiger partial charge in [-0.15, -0.1) is 0 Å². The van der Waals surface area contributed by atoms with E-state index in [2.05, 4.69) is 17.1 Å². The maximum absolute atomic E-state index is 11.0. The molecular formula is C11H24N2O2S. The Morgan fingerprint density at radius 3 is 2.69 bits per heavy atom. The maximum atomic E-state index is 11.0. The number of piperidine rings is 1. The Labute approximate surface area is 99.3 Å². The largest absolute Gasteiger partial charge is 0.313 e. The molecule has 1 heterocycles. The molecule has 1 aliphatic heterocycles. The quantitative estimate of drug-likeness (QED) is 0.763. The molecule has 0 spiro atoms. The Bertz CT molecular complexity index is 303. The van der Waals surface area contributed by atoms with Crippen LogP contribution in [0, 0.1) is 5.92 Å². The van der Waals surface area contributed by atoms with Crippen LogP contribution < -0.4 is 5.32 Å².